The highest BCUT2D eigenvalue weighted by atomic mass is 16.1. The third-order valence-electron chi connectivity index (χ3n) is 4.65. The summed E-state index contributed by atoms with van der Waals surface area (Å²) in [6, 6.07) is 19.9. The highest BCUT2D eigenvalue weighted by Crippen LogP contribution is 2.15. The summed E-state index contributed by atoms with van der Waals surface area (Å²) in [5.41, 5.74) is 11.1. The van der Waals surface area contributed by atoms with E-state index in [1.165, 1.54) is 0 Å². The van der Waals surface area contributed by atoms with Gasteiger partial charge >= 0.3 is 0 Å². The van der Waals surface area contributed by atoms with Gasteiger partial charge < -0.3 is 11.1 Å². The average molecular weight is 362 g/mol. The van der Waals surface area contributed by atoms with Gasteiger partial charge in [0.25, 0.3) is 0 Å². The SMILES string of the molecule is Cc1cc(C)n(Cc2cccc(CNC(=O)C(CN)c3ccccc3)c2)n1. The fourth-order valence-corrected chi connectivity index (χ4v) is 3.24. The first-order valence-corrected chi connectivity index (χ1v) is 9.18. The molecule has 5 nitrogen and oxygen atoms in total. The van der Waals surface area contributed by atoms with Crippen LogP contribution in [0.25, 0.3) is 0 Å². The van der Waals surface area contributed by atoms with E-state index in [0.717, 1.165) is 34.6 Å². The van der Waals surface area contributed by atoms with Crippen LogP contribution in [0.4, 0.5) is 0 Å². The maximum absolute atomic E-state index is 12.6. The van der Waals surface area contributed by atoms with Crippen molar-refractivity contribution >= 4 is 5.91 Å². The Morgan fingerprint density at radius 1 is 1.07 bits per heavy atom. The summed E-state index contributed by atoms with van der Waals surface area (Å²) in [6.07, 6.45) is 0. The van der Waals surface area contributed by atoms with Crippen molar-refractivity contribution in [1.29, 1.82) is 0 Å². The zero-order chi connectivity index (χ0) is 19.2. The minimum Gasteiger partial charge on any atom is -0.351 e. The molecule has 3 rings (SSSR count). The highest BCUT2D eigenvalue weighted by molar-refractivity contribution is 5.83. The van der Waals surface area contributed by atoms with Crippen LogP contribution in [0.3, 0.4) is 0 Å². The lowest BCUT2D eigenvalue weighted by Crippen LogP contribution is -2.33. The van der Waals surface area contributed by atoms with E-state index in [0.29, 0.717) is 6.54 Å². The molecule has 3 aromatic rings. The number of hydrogen-bond acceptors (Lipinski definition) is 3. The van der Waals surface area contributed by atoms with Crippen LogP contribution in [0.5, 0.6) is 0 Å². The Morgan fingerprint density at radius 3 is 2.48 bits per heavy atom. The Labute approximate surface area is 160 Å². The summed E-state index contributed by atoms with van der Waals surface area (Å²) < 4.78 is 1.99. The summed E-state index contributed by atoms with van der Waals surface area (Å²) in [4.78, 5) is 12.6. The van der Waals surface area contributed by atoms with Crippen LogP contribution in [0.1, 0.15) is 34.0 Å². The van der Waals surface area contributed by atoms with Crippen LogP contribution < -0.4 is 11.1 Å². The number of aryl methyl sites for hydroxylation is 2. The van der Waals surface area contributed by atoms with Gasteiger partial charge in [0.05, 0.1) is 18.2 Å². The number of aromatic nitrogens is 2. The van der Waals surface area contributed by atoms with Crippen LogP contribution in [-0.2, 0) is 17.9 Å². The Kier molecular flexibility index (Phi) is 6.04. The lowest BCUT2D eigenvalue weighted by molar-refractivity contribution is -0.122. The van der Waals surface area contributed by atoms with Crippen molar-refractivity contribution in [2.24, 2.45) is 5.73 Å². The number of hydrogen-bond donors (Lipinski definition) is 2. The first-order chi connectivity index (χ1) is 13.1. The van der Waals surface area contributed by atoms with Crippen LogP contribution in [-0.4, -0.2) is 22.2 Å². The Balaban J connectivity index is 1.64. The van der Waals surface area contributed by atoms with E-state index >= 15 is 0 Å². The van der Waals surface area contributed by atoms with E-state index in [1.807, 2.05) is 54.1 Å². The number of carbonyl (C=O) groups excluding carboxylic acids is 1. The fourth-order valence-electron chi connectivity index (χ4n) is 3.24. The molecule has 0 spiro atoms. The molecule has 1 heterocycles. The topological polar surface area (TPSA) is 72.9 Å². The predicted octanol–water partition coefficient (Wildman–Crippen LogP) is 2.91. The quantitative estimate of drug-likeness (QED) is 0.679. The predicted molar refractivity (Wildman–Crippen MR) is 107 cm³/mol. The van der Waals surface area contributed by atoms with Crippen molar-refractivity contribution in [1.82, 2.24) is 15.1 Å². The molecule has 0 aliphatic carbocycles. The van der Waals surface area contributed by atoms with Gasteiger partial charge in [-0.15, -0.1) is 0 Å². The molecule has 0 fully saturated rings. The number of rotatable bonds is 7. The van der Waals surface area contributed by atoms with Gasteiger partial charge in [-0.05, 0) is 36.6 Å². The summed E-state index contributed by atoms with van der Waals surface area (Å²) in [6.45, 7) is 5.54. The van der Waals surface area contributed by atoms with Gasteiger partial charge in [0.1, 0.15) is 0 Å². The van der Waals surface area contributed by atoms with Gasteiger partial charge in [0.15, 0.2) is 0 Å². The number of carbonyl (C=O) groups is 1. The maximum Gasteiger partial charge on any atom is 0.229 e. The van der Waals surface area contributed by atoms with Gasteiger partial charge in [0, 0.05) is 18.8 Å². The molecule has 1 unspecified atom stereocenters. The van der Waals surface area contributed by atoms with E-state index in [1.54, 1.807) is 0 Å². The van der Waals surface area contributed by atoms with E-state index < -0.39 is 0 Å². The molecule has 1 aromatic heterocycles. The fraction of sp³-hybridized carbons (Fsp3) is 0.273. The molecule has 27 heavy (non-hydrogen) atoms. The Bertz CT molecular complexity index is 902. The van der Waals surface area contributed by atoms with Crippen LogP contribution >= 0.6 is 0 Å². The molecule has 0 radical (unpaired) electrons. The average Bonchev–Trinajstić information content (AvgIpc) is 2.99. The van der Waals surface area contributed by atoms with E-state index in [2.05, 4.69) is 35.5 Å². The molecular formula is C22H26N4O. The molecule has 2 aromatic carbocycles. The van der Waals surface area contributed by atoms with E-state index in [9.17, 15) is 4.79 Å². The molecule has 3 N–H and O–H groups in total. The van der Waals surface area contributed by atoms with Crippen molar-refractivity contribution < 1.29 is 4.79 Å². The zero-order valence-corrected chi connectivity index (χ0v) is 15.9. The standard InChI is InChI=1S/C22H26N4O/c1-16-11-17(2)26(25-16)15-19-8-6-7-18(12-19)14-24-22(27)21(13-23)20-9-4-3-5-10-20/h3-12,21H,13-15,23H2,1-2H3,(H,24,27). The molecule has 0 bridgehead atoms. The minimum absolute atomic E-state index is 0.0485. The summed E-state index contributed by atoms with van der Waals surface area (Å²) in [7, 11) is 0. The highest BCUT2D eigenvalue weighted by Gasteiger charge is 2.18. The van der Waals surface area contributed by atoms with Crippen LogP contribution in [0.2, 0.25) is 0 Å². The van der Waals surface area contributed by atoms with Gasteiger partial charge in [-0.1, -0.05) is 54.6 Å². The van der Waals surface area contributed by atoms with Gasteiger partial charge in [-0.25, -0.2) is 0 Å². The zero-order valence-electron chi connectivity index (χ0n) is 15.9. The lowest BCUT2D eigenvalue weighted by atomic mass is 9.98. The second-order valence-corrected chi connectivity index (χ2v) is 6.82. The third kappa shape index (κ3) is 4.83. The first-order valence-electron chi connectivity index (χ1n) is 9.18. The number of nitrogens with two attached hydrogens (primary N) is 1. The second kappa shape index (κ2) is 8.64. The molecule has 5 heteroatoms. The number of nitrogens with one attached hydrogen (secondary N) is 1. The van der Waals surface area contributed by atoms with Crippen molar-refractivity contribution in [2.75, 3.05) is 6.54 Å². The molecule has 140 valence electrons. The minimum atomic E-state index is -0.330. The number of amides is 1. The third-order valence-corrected chi connectivity index (χ3v) is 4.65. The smallest absolute Gasteiger partial charge is 0.229 e. The molecule has 1 atom stereocenters. The van der Waals surface area contributed by atoms with Crippen molar-refractivity contribution in [2.45, 2.75) is 32.9 Å². The van der Waals surface area contributed by atoms with Crippen LogP contribution in [0.15, 0.2) is 60.7 Å². The monoisotopic (exact) mass is 362 g/mol. The second-order valence-electron chi connectivity index (χ2n) is 6.82. The largest absolute Gasteiger partial charge is 0.351 e. The molecule has 0 aliphatic rings. The maximum atomic E-state index is 12.6. The lowest BCUT2D eigenvalue weighted by Gasteiger charge is -2.15. The number of benzene rings is 2. The van der Waals surface area contributed by atoms with Gasteiger partial charge in [-0.2, -0.15) is 5.10 Å². The first kappa shape index (κ1) is 18.9. The summed E-state index contributed by atoms with van der Waals surface area (Å²) >= 11 is 0. The normalized spacial score (nSPS) is 12.0. The molecule has 0 aliphatic heterocycles. The van der Waals surface area contributed by atoms with Crippen LogP contribution in [0, 0.1) is 13.8 Å². The van der Waals surface area contributed by atoms with Gasteiger partial charge in [0.2, 0.25) is 5.91 Å². The van der Waals surface area contributed by atoms with E-state index in [4.69, 9.17) is 5.73 Å². The molecule has 1 amide bonds. The molecule has 0 saturated carbocycles. The van der Waals surface area contributed by atoms with Crippen molar-refractivity contribution in [3.05, 3.63) is 88.7 Å². The molecular weight excluding hydrogens is 336 g/mol. The van der Waals surface area contributed by atoms with Gasteiger partial charge in [-0.3, -0.25) is 9.48 Å². The van der Waals surface area contributed by atoms with Crippen molar-refractivity contribution in [3.63, 3.8) is 0 Å². The molecule has 0 saturated heterocycles. The van der Waals surface area contributed by atoms with Crippen molar-refractivity contribution in [3.8, 4) is 0 Å². The summed E-state index contributed by atoms with van der Waals surface area (Å²) in [5.74, 6) is -0.378. The Hall–Kier alpha value is -2.92. The Morgan fingerprint density at radius 2 is 1.81 bits per heavy atom. The number of nitrogens with zero attached hydrogens (tertiary/aromatic N) is 2. The van der Waals surface area contributed by atoms with E-state index in [-0.39, 0.29) is 18.4 Å². The summed E-state index contributed by atoms with van der Waals surface area (Å²) in [5, 5.41) is 7.52.